The first-order valence-electron chi connectivity index (χ1n) is 8.69. The summed E-state index contributed by atoms with van der Waals surface area (Å²) in [4.78, 5) is 31.4. The van der Waals surface area contributed by atoms with Crippen molar-refractivity contribution in [3.8, 4) is 0 Å². The Bertz CT molecular complexity index is 1040. The van der Waals surface area contributed by atoms with E-state index in [2.05, 4.69) is 10.3 Å². The third-order valence-corrected chi connectivity index (χ3v) is 5.38. The Kier molecular flexibility index (Phi) is 5.43. The minimum Gasteiger partial charge on any atom is -0.378 e. The SMILES string of the molecule is O=C(/C=C/c1c(Cl)nc2sccn12)Nc1ccc(C(=O)N2CCOCC2)cc1. The zero-order valence-electron chi connectivity index (χ0n) is 14.8. The molecule has 1 N–H and O–H groups in total. The van der Waals surface area contributed by atoms with Gasteiger partial charge in [0.25, 0.3) is 5.91 Å². The van der Waals surface area contributed by atoms with E-state index in [9.17, 15) is 9.59 Å². The Morgan fingerprint density at radius 1 is 1.21 bits per heavy atom. The third kappa shape index (κ3) is 3.94. The number of imidazole rings is 1. The van der Waals surface area contributed by atoms with Crippen LogP contribution in [0.4, 0.5) is 5.69 Å². The van der Waals surface area contributed by atoms with Crippen molar-refractivity contribution in [1.82, 2.24) is 14.3 Å². The van der Waals surface area contributed by atoms with Crippen LogP contribution >= 0.6 is 22.9 Å². The minimum atomic E-state index is -0.298. The number of benzene rings is 1. The Morgan fingerprint density at radius 3 is 2.71 bits per heavy atom. The van der Waals surface area contributed by atoms with Crippen molar-refractivity contribution in [2.24, 2.45) is 0 Å². The van der Waals surface area contributed by atoms with Crippen LogP contribution in [0.2, 0.25) is 5.15 Å². The lowest BCUT2D eigenvalue weighted by Crippen LogP contribution is -2.40. The fraction of sp³-hybridized carbons (Fsp3) is 0.211. The summed E-state index contributed by atoms with van der Waals surface area (Å²) in [5.41, 5.74) is 1.84. The van der Waals surface area contributed by atoms with E-state index in [4.69, 9.17) is 16.3 Å². The first-order chi connectivity index (χ1) is 13.6. The molecule has 0 radical (unpaired) electrons. The second-order valence-corrected chi connectivity index (χ2v) is 7.38. The smallest absolute Gasteiger partial charge is 0.254 e. The molecule has 3 aromatic rings. The van der Waals surface area contributed by atoms with Gasteiger partial charge in [0, 0.05) is 42.0 Å². The summed E-state index contributed by atoms with van der Waals surface area (Å²) in [5.74, 6) is -0.329. The lowest BCUT2D eigenvalue weighted by atomic mass is 10.1. The molecular weight excluding hydrogens is 400 g/mol. The Labute approximate surface area is 170 Å². The van der Waals surface area contributed by atoms with Crippen molar-refractivity contribution in [3.63, 3.8) is 0 Å². The molecule has 2 amide bonds. The average molecular weight is 417 g/mol. The predicted molar refractivity (Wildman–Crippen MR) is 109 cm³/mol. The van der Waals surface area contributed by atoms with E-state index in [0.717, 1.165) is 4.96 Å². The van der Waals surface area contributed by atoms with Gasteiger partial charge >= 0.3 is 0 Å². The van der Waals surface area contributed by atoms with E-state index < -0.39 is 0 Å². The lowest BCUT2D eigenvalue weighted by Gasteiger charge is -2.26. The molecule has 0 atom stereocenters. The first-order valence-corrected chi connectivity index (χ1v) is 9.95. The number of morpholine rings is 1. The number of carbonyl (C=O) groups is 2. The molecule has 0 unspecified atom stereocenters. The topological polar surface area (TPSA) is 75.9 Å². The van der Waals surface area contributed by atoms with Crippen LogP contribution < -0.4 is 5.32 Å². The monoisotopic (exact) mass is 416 g/mol. The van der Waals surface area contributed by atoms with Crippen molar-refractivity contribution in [2.45, 2.75) is 0 Å². The third-order valence-electron chi connectivity index (χ3n) is 4.34. The molecule has 0 spiro atoms. The highest BCUT2D eigenvalue weighted by Crippen LogP contribution is 2.22. The van der Waals surface area contributed by atoms with Crippen LogP contribution in [0.3, 0.4) is 0 Å². The molecule has 7 nitrogen and oxygen atoms in total. The van der Waals surface area contributed by atoms with Crippen LogP contribution in [-0.2, 0) is 9.53 Å². The van der Waals surface area contributed by atoms with Crippen LogP contribution in [0.1, 0.15) is 16.1 Å². The van der Waals surface area contributed by atoms with Gasteiger partial charge in [0.1, 0.15) is 0 Å². The van der Waals surface area contributed by atoms with E-state index in [-0.39, 0.29) is 11.8 Å². The molecule has 4 rings (SSSR count). The van der Waals surface area contributed by atoms with Gasteiger partial charge in [0.05, 0.1) is 18.9 Å². The lowest BCUT2D eigenvalue weighted by molar-refractivity contribution is -0.111. The van der Waals surface area contributed by atoms with Gasteiger partial charge in [-0.1, -0.05) is 11.6 Å². The van der Waals surface area contributed by atoms with Gasteiger partial charge in [-0.2, -0.15) is 0 Å². The summed E-state index contributed by atoms with van der Waals surface area (Å²) in [7, 11) is 0. The molecule has 9 heteroatoms. The highest BCUT2D eigenvalue weighted by molar-refractivity contribution is 7.15. The van der Waals surface area contributed by atoms with Gasteiger partial charge < -0.3 is 15.0 Å². The zero-order valence-corrected chi connectivity index (χ0v) is 16.4. The summed E-state index contributed by atoms with van der Waals surface area (Å²) in [6.07, 6.45) is 4.88. The molecule has 1 aliphatic heterocycles. The number of hydrogen-bond acceptors (Lipinski definition) is 5. The maximum absolute atomic E-state index is 12.4. The summed E-state index contributed by atoms with van der Waals surface area (Å²) in [6, 6.07) is 6.84. The number of aromatic nitrogens is 2. The Hall–Kier alpha value is -2.68. The second kappa shape index (κ2) is 8.14. The molecule has 0 saturated carbocycles. The van der Waals surface area contributed by atoms with Gasteiger partial charge in [-0.25, -0.2) is 4.98 Å². The largest absolute Gasteiger partial charge is 0.378 e. The van der Waals surface area contributed by atoms with E-state index in [1.54, 1.807) is 35.2 Å². The zero-order chi connectivity index (χ0) is 19.5. The maximum Gasteiger partial charge on any atom is 0.254 e. The summed E-state index contributed by atoms with van der Waals surface area (Å²) < 4.78 is 7.09. The standard InChI is InChI=1S/C19H17ClN4O3S/c20-17-15(24-9-12-28-19(24)22-17)5-6-16(25)21-14-3-1-13(2-4-14)18(26)23-7-10-27-11-8-23/h1-6,9,12H,7-8,10-11H2,(H,21,25)/b6-5+. The number of amides is 2. The van der Waals surface area contributed by atoms with Crippen molar-refractivity contribution < 1.29 is 14.3 Å². The number of rotatable bonds is 4. The Balaban J connectivity index is 1.40. The van der Waals surface area contributed by atoms with Crippen LogP contribution in [-0.4, -0.2) is 52.4 Å². The van der Waals surface area contributed by atoms with Crippen molar-refractivity contribution in [2.75, 3.05) is 31.6 Å². The number of fused-ring (bicyclic) bond motifs is 1. The van der Waals surface area contributed by atoms with Crippen molar-refractivity contribution in [3.05, 3.63) is 58.3 Å². The number of nitrogens with one attached hydrogen (secondary N) is 1. The summed E-state index contributed by atoms with van der Waals surface area (Å²) >= 11 is 7.58. The van der Waals surface area contributed by atoms with E-state index in [0.29, 0.717) is 48.4 Å². The molecule has 1 fully saturated rings. The van der Waals surface area contributed by atoms with Gasteiger partial charge in [-0.15, -0.1) is 11.3 Å². The molecule has 3 heterocycles. The highest BCUT2D eigenvalue weighted by atomic mass is 35.5. The van der Waals surface area contributed by atoms with Crippen molar-refractivity contribution >= 4 is 51.5 Å². The molecule has 0 aliphatic carbocycles. The molecule has 1 aliphatic rings. The van der Waals surface area contributed by atoms with Gasteiger partial charge in [0.15, 0.2) is 10.1 Å². The van der Waals surface area contributed by atoms with E-state index in [1.165, 1.54) is 17.4 Å². The van der Waals surface area contributed by atoms with Crippen molar-refractivity contribution in [1.29, 1.82) is 0 Å². The fourth-order valence-electron chi connectivity index (χ4n) is 2.91. The number of thiazole rings is 1. The highest BCUT2D eigenvalue weighted by Gasteiger charge is 2.18. The molecule has 28 heavy (non-hydrogen) atoms. The molecular formula is C19H17ClN4O3S. The predicted octanol–water partition coefficient (Wildman–Crippen LogP) is 3.17. The van der Waals surface area contributed by atoms with Gasteiger partial charge in [0.2, 0.25) is 5.91 Å². The van der Waals surface area contributed by atoms with Crippen LogP contribution in [0.15, 0.2) is 41.9 Å². The minimum absolute atomic E-state index is 0.0313. The van der Waals surface area contributed by atoms with E-state index >= 15 is 0 Å². The number of ether oxygens (including phenoxy) is 1. The van der Waals surface area contributed by atoms with Crippen LogP contribution in [0, 0.1) is 0 Å². The number of halogens is 1. The normalized spacial score (nSPS) is 14.7. The number of nitrogens with zero attached hydrogens (tertiary/aromatic N) is 3. The number of anilines is 1. The average Bonchev–Trinajstić information content (AvgIpc) is 3.28. The molecule has 2 aromatic heterocycles. The van der Waals surface area contributed by atoms with Crippen LogP contribution in [0.5, 0.6) is 0 Å². The fourth-order valence-corrected chi connectivity index (χ4v) is 3.91. The Morgan fingerprint density at radius 2 is 1.96 bits per heavy atom. The summed E-state index contributed by atoms with van der Waals surface area (Å²) in [6.45, 7) is 2.31. The second-order valence-electron chi connectivity index (χ2n) is 6.15. The summed E-state index contributed by atoms with van der Waals surface area (Å²) in [5, 5.41) is 5.02. The van der Waals surface area contributed by atoms with E-state index in [1.807, 2.05) is 16.0 Å². The van der Waals surface area contributed by atoms with Crippen LogP contribution in [0.25, 0.3) is 11.0 Å². The molecule has 0 bridgehead atoms. The van der Waals surface area contributed by atoms with Gasteiger partial charge in [-0.3, -0.25) is 14.0 Å². The van der Waals surface area contributed by atoms with Gasteiger partial charge in [-0.05, 0) is 30.3 Å². The molecule has 1 aromatic carbocycles. The molecule has 1 saturated heterocycles. The number of carbonyl (C=O) groups excluding carboxylic acids is 2. The maximum atomic E-state index is 12.4. The molecule has 144 valence electrons. The quantitative estimate of drug-likeness (QED) is 0.663. The number of hydrogen-bond donors (Lipinski definition) is 1. The first kappa shape index (κ1) is 18.7.